The van der Waals surface area contributed by atoms with Crippen molar-refractivity contribution in [3.8, 4) is 0 Å². The molecule has 0 rings (SSSR count). The normalized spacial score (nSPS) is 12.7. The predicted octanol–water partition coefficient (Wildman–Crippen LogP) is 14.8. The van der Waals surface area contributed by atoms with E-state index in [0.29, 0.717) is 19.3 Å². The maximum atomic E-state index is 12.7. The third-order valence-electron chi connectivity index (χ3n) is 11.0. The molecule has 54 heavy (non-hydrogen) atoms. The minimum Gasteiger partial charge on any atom is -0.462 e. The van der Waals surface area contributed by atoms with Gasteiger partial charge in [0.2, 0.25) is 0 Å². The molecule has 0 spiro atoms. The zero-order valence-corrected chi connectivity index (χ0v) is 37.0. The number of hydrogen-bond acceptors (Lipinski definition) is 6. The van der Waals surface area contributed by atoms with Crippen LogP contribution in [0.15, 0.2) is 0 Å². The van der Waals surface area contributed by atoms with Gasteiger partial charge in [-0.1, -0.05) is 215 Å². The summed E-state index contributed by atoms with van der Waals surface area (Å²) in [5.41, 5.74) is 0. The van der Waals surface area contributed by atoms with Crippen molar-refractivity contribution in [3.63, 3.8) is 0 Å². The molecule has 0 saturated heterocycles. The van der Waals surface area contributed by atoms with Crippen molar-refractivity contribution in [2.75, 3.05) is 13.2 Å². The van der Waals surface area contributed by atoms with Crippen LogP contribution < -0.4 is 0 Å². The summed E-state index contributed by atoms with van der Waals surface area (Å²) < 4.78 is 16.7. The van der Waals surface area contributed by atoms with Crippen LogP contribution in [0.1, 0.15) is 253 Å². The summed E-state index contributed by atoms with van der Waals surface area (Å²) >= 11 is 0. The Bertz CT molecular complexity index is 839. The van der Waals surface area contributed by atoms with E-state index in [1.807, 2.05) is 0 Å². The predicted molar refractivity (Wildman–Crippen MR) is 229 cm³/mol. The van der Waals surface area contributed by atoms with Crippen LogP contribution in [0.4, 0.5) is 0 Å². The van der Waals surface area contributed by atoms with Gasteiger partial charge in [0, 0.05) is 19.3 Å². The molecule has 0 aromatic heterocycles. The van der Waals surface area contributed by atoms with E-state index in [-0.39, 0.29) is 31.1 Å². The molecule has 0 amide bonds. The van der Waals surface area contributed by atoms with Crippen LogP contribution in [0.5, 0.6) is 0 Å². The molecular formula is C48H92O6. The Morgan fingerprint density at radius 3 is 0.963 bits per heavy atom. The van der Waals surface area contributed by atoms with Crippen molar-refractivity contribution in [1.29, 1.82) is 0 Å². The Labute approximate surface area is 336 Å². The summed E-state index contributed by atoms with van der Waals surface area (Å²) in [6.07, 6.45) is 36.7. The molecule has 0 fully saturated rings. The second-order valence-corrected chi connectivity index (χ2v) is 17.6. The average Bonchev–Trinajstić information content (AvgIpc) is 3.14. The molecule has 6 nitrogen and oxygen atoms in total. The number of esters is 3. The Morgan fingerprint density at radius 1 is 0.370 bits per heavy atom. The summed E-state index contributed by atoms with van der Waals surface area (Å²) in [6.45, 7) is 13.6. The number of rotatable bonds is 41. The number of hydrogen-bond donors (Lipinski definition) is 0. The van der Waals surface area contributed by atoms with Gasteiger partial charge in [-0.3, -0.25) is 14.4 Å². The Kier molecular flexibility index (Phi) is 38.5. The lowest BCUT2D eigenvalue weighted by molar-refractivity contribution is -0.167. The molecule has 0 saturated carbocycles. The van der Waals surface area contributed by atoms with Crippen molar-refractivity contribution >= 4 is 17.9 Å². The minimum absolute atomic E-state index is 0.0664. The summed E-state index contributed by atoms with van der Waals surface area (Å²) in [6, 6.07) is 0. The minimum atomic E-state index is -0.762. The SMILES string of the molecule is CCC(C)CCCCCCCCC(=O)OC[C@H](COC(=O)CCCCCCCCCCCCCCC(C)C)OC(=O)CCCCCCCCCCC(C)C. The van der Waals surface area contributed by atoms with E-state index in [0.717, 1.165) is 75.5 Å². The van der Waals surface area contributed by atoms with Crippen molar-refractivity contribution in [1.82, 2.24) is 0 Å². The number of ether oxygens (including phenoxy) is 3. The fourth-order valence-corrected chi connectivity index (χ4v) is 7.02. The Hall–Kier alpha value is -1.59. The molecule has 0 radical (unpaired) electrons. The highest BCUT2D eigenvalue weighted by Crippen LogP contribution is 2.17. The van der Waals surface area contributed by atoms with Crippen LogP contribution in [0, 0.1) is 17.8 Å². The smallest absolute Gasteiger partial charge is 0.306 e. The molecule has 6 heteroatoms. The van der Waals surface area contributed by atoms with Crippen LogP contribution in [0.3, 0.4) is 0 Å². The lowest BCUT2D eigenvalue weighted by Gasteiger charge is -2.18. The molecule has 0 aromatic rings. The van der Waals surface area contributed by atoms with Gasteiger partial charge in [0.25, 0.3) is 0 Å². The standard InChI is InChI=1S/C48H92O6/c1-7-44(6)36-30-24-20-21-26-32-38-47(50)53-41-45(54-48(51)39-33-27-19-15-14-17-23-29-35-43(4)5)40-52-46(49)37-31-25-18-13-11-9-8-10-12-16-22-28-34-42(2)3/h42-45H,7-41H2,1-6H3/t44?,45-/m0/s1. The zero-order valence-electron chi connectivity index (χ0n) is 37.0. The van der Waals surface area contributed by atoms with Gasteiger partial charge in [0.1, 0.15) is 13.2 Å². The molecule has 0 aliphatic rings. The Balaban J connectivity index is 4.32. The molecule has 1 unspecified atom stereocenters. The number of carbonyl (C=O) groups excluding carboxylic acids is 3. The van der Waals surface area contributed by atoms with E-state index in [1.165, 1.54) is 135 Å². The first-order valence-electron chi connectivity index (χ1n) is 23.6. The molecule has 0 bridgehead atoms. The van der Waals surface area contributed by atoms with E-state index < -0.39 is 6.10 Å². The van der Waals surface area contributed by atoms with Gasteiger partial charge in [-0.05, 0) is 37.0 Å². The average molecular weight is 765 g/mol. The van der Waals surface area contributed by atoms with Crippen LogP contribution >= 0.6 is 0 Å². The van der Waals surface area contributed by atoms with Crippen LogP contribution in [-0.2, 0) is 28.6 Å². The van der Waals surface area contributed by atoms with E-state index in [1.54, 1.807) is 0 Å². The van der Waals surface area contributed by atoms with E-state index in [4.69, 9.17) is 14.2 Å². The van der Waals surface area contributed by atoms with Crippen LogP contribution in [-0.4, -0.2) is 37.2 Å². The lowest BCUT2D eigenvalue weighted by Crippen LogP contribution is -2.30. The highest BCUT2D eigenvalue weighted by atomic mass is 16.6. The fourth-order valence-electron chi connectivity index (χ4n) is 7.02. The van der Waals surface area contributed by atoms with Gasteiger partial charge in [-0.15, -0.1) is 0 Å². The summed E-state index contributed by atoms with van der Waals surface area (Å²) in [4.78, 5) is 37.7. The molecule has 0 aromatic carbocycles. The first-order valence-corrected chi connectivity index (χ1v) is 23.6. The second kappa shape index (κ2) is 39.6. The van der Waals surface area contributed by atoms with Gasteiger partial charge in [-0.25, -0.2) is 0 Å². The maximum absolute atomic E-state index is 12.7. The van der Waals surface area contributed by atoms with Crippen LogP contribution in [0.2, 0.25) is 0 Å². The molecule has 320 valence electrons. The fraction of sp³-hybridized carbons (Fsp3) is 0.938. The highest BCUT2D eigenvalue weighted by molar-refractivity contribution is 5.71. The largest absolute Gasteiger partial charge is 0.462 e. The maximum Gasteiger partial charge on any atom is 0.306 e. The lowest BCUT2D eigenvalue weighted by atomic mass is 10.00. The van der Waals surface area contributed by atoms with Gasteiger partial charge in [-0.2, -0.15) is 0 Å². The number of carbonyl (C=O) groups is 3. The van der Waals surface area contributed by atoms with Gasteiger partial charge in [0.15, 0.2) is 6.10 Å². The van der Waals surface area contributed by atoms with E-state index in [2.05, 4.69) is 41.5 Å². The molecule has 0 heterocycles. The molecule has 2 atom stereocenters. The molecule has 0 N–H and O–H groups in total. The third kappa shape index (κ3) is 40.1. The quantitative estimate of drug-likeness (QED) is 0.0350. The topological polar surface area (TPSA) is 78.9 Å². The van der Waals surface area contributed by atoms with Gasteiger partial charge < -0.3 is 14.2 Å². The summed E-state index contributed by atoms with van der Waals surface area (Å²) in [7, 11) is 0. The first kappa shape index (κ1) is 52.4. The summed E-state index contributed by atoms with van der Waals surface area (Å²) in [5.74, 6) is 1.58. The first-order chi connectivity index (χ1) is 26.1. The monoisotopic (exact) mass is 765 g/mol. The van der Waals surface area contributed by atoms with Crippen molar-refractivity contribution in [2.24, 2.45) is 17.8 Å². The van der Waals surface area contributed by atoms with Crippen molar-refractivity contribution < 1.29 is 28.6 Å². The molecular weight excluding hydrogens is 673 g/mol. The van der Waals surface area contributed by atoms with Gasteiger partial charge >= 0.3 is 17.9 Å². The van der Waals surface area contributed by atoms with Crippen molar-refractivity contribution in [2.45, 2.75) is 260 Å². The van der Waals surface area contributed by atoms with Gasteiger partial charge in [0.05, 0.1) is 0 Å². The van der Waals surface area contributed by atoms with E-state index >= 15 is 0 Å². The highest BCUT2D eigenvalue weighted by Gasteiger charge is 2.19. The Morgan fingerprint density at radius 2 is 0.648 bits per heavy atom. The molecule has 0 aliphatic heterocycles. The summed E-state index contributed by atoms with van der Waals surface area (Å²) in [5, 5.41) is 0. The van der Waals surface area contributed by atoms with Crippen LogP contribution in [0.25, 0.3) is 0 Å². The molecule has 0 aliphatic carbocycles. The van der Waals surface area contributed by atoms with Crippen molar-refractivity contribution in [3.05, 3.63) is 0 Å². The second-order valence-electron chi connectivity index (χ2n) is 17.6. The number of unbranched alkanes of at least 4 members (excludes halogenated alkanes) is 23. The van der Waals surface area contributed by atoms with E-state index in [9.17, 15) is 14.4 Å². The zero-order chi connectivity index (χ0) is 39.9. The third-order valence-corrected chi connectivity index (χ3v) is 11.0.